The molecule has 3 aromatic rings. The molecular formula is C21H25N5O2. The number of hydrogen-bond acceptors (Lipinski definition) is 5. The largest absolute Gasteiger partial charge is 0.494 e. The number of aromatic nitrogens is 5. The second-order valence-corrected chi connectivity index (χ2v) is 7.13. The Hall–Kier alpha value is -3.09. The summed E-state index contributed by atoms with van der Waals surface area (Å²) in [6.07, 6.45) is 3.60. The maximum absolute atomic E-state index is 6.02. The van der Waals surface area contributed by atoms with E-state index in [9.17, 15) is 0 Å². The lowest BCUT2D eigenvalue weighted by Crippen LogP contribution is -2.06. The Kier molecular flexibility index (Phi) is 4.66. The molecule has 0 radical (unpaired) electrons. The summed E-state index contributed by atoms with van der Waals surface area (Å²) in [4.78, 5) is 9.32. The fourth-order valence-corrected chi connectivity index (χ4v) is 3.51. The highest BCUT2D eigenvalue weighted by molar-refractivity contribution is 5.74. The predicted molar refractivity (Wildman–Crippen MR) is 108 cm³/mol. The van der Waals surface area contributed by atoms with Crippen molar-refractivity contribution in [3.05, 3.63) is 42.4 Å². The minimum absolute atomic E-state index is 0.212. The highest BCUT2D eigenvalue weighted by Gasteiger charge is 2.23. The van der Waals surface area contributed by atoms with Crippen molar-refractivity contribution < 1.29 is 9.47 Å². The van der Waals surface area contributed by atoms with Crippen LogP contribution in [0.1, 0.15) is 37.9 Å². The van der Waals surface area contributed by atoms with Crippen LogP contribution in [0.5, 0.6) is 5.75 Å². The second-order valence-electron chi connectivity index (χ2n) is 7.13. The molecule has 0 saturated heterocycles. The number of hydrogen-bond donors (Lipinski definition) is 0. The number of imidazole rings is 1. The van der Waals surface area contributed by atoms with E-state index < -0.39 is 0 Å². The third-order valence-electron chi connectivity index (χ3n) is 4.84. The fraction of sp³-hybridized carbons (Fsp3) is 0.381. The van der Waals surface area contributed by atoms with Crippen LogP contribution in [0.25, 0.3) is 28.7 Å². The van der Waals surface area contributed by atoms with Crippen LogP contribution in [-0.2, 0) is 11.3 Å². The molecule has 28 heavy (non-hydrogen) atoms. The van der Waals surface area contributed by atoms with Gasteiger partial charge in [0.15, 0.2) is 5.82 Å². The van der Waals surface area contributed by atoms with E-state index in [2.05, 4.69) is 41.1 Å². The summed E-state index contributed by atoms with van der Waals surface area (Å²) < 4.78 is 15.6. The number of ether oxygens (including phenoxy) is 2. The molecule has 0 saturated carbocycles. The van der Waals surface area contributed by atoms with Crippen molar-refractivity contribution >= 4 is 5.76 Å². The van der Waals surface area contributed by atoms with Crippen LogP contribution in [-0.4, -0.2) is 37.5 Å². The molecule has 7 nitrogen and oxygen atoms in total. The minimum atomic E-state index is 0.212. The number of aryl methyl sites for hydroxylation is 1. The van der Waals surface area contributed by atoms with Crippen molar-refractivity contribution in [1.29, 1.82) is 0 Å². The topological polar surface area (TPSA) is 67.0 Å². The zero-order chi connectivity index (χ0) is 19.8. The van der Waals surface area contributed by atoms with Crippen molar-refractivity contribution in [3.63, 3.8) is 0 Å². The van der Waals surface area contributed by atoms with Crippen LogP contribution >= 0.6 is 0 Å². The lowest BCUT2D eigenvalue weighted by atomic mass is 10.0. The molecule has 146 valence electrons. The second kappa shape index (κ2) is 7.14. The van der Waals surface area contributed by atoms with E-state index in [0.717, 1.165) is 39.8 Å². The summed E-state index contributed by atoms with van der Waals surface area (Å²) in [7, 11) is 0. The van der Waals surface area contributed by atoms with Crippen molar-refractivity contribution in [2.45, 2.75) is 40.3 Å². The molecule has 2 aromatic heterocycles. The molecule has 0 amide bonds. The number of fused-ring (bicyclic) bond motifs is 3. The van der Waals surface area contributed by atoms with Crippen molar-refractivity contribution in [1.82, 2.24) is 24.3 Å². The third-order valence-corrected chi connectivity index (χ3v) is 4.84. The maximum Gasteiger partial charge on any atom is 0.178 e. The van der Waals surface area contributed by atoms with Gasteiger partial charge in [0.25, 0.3) is 0 Å². The van der Waals surface area contributed by atoms with E-state index in [1.54, 1.807) is 6.33 Å². The molecule has 0 bridgehead atoms. The molecule has 0 fully saturated rings. The Bertz CT molecular complexity index is 1030. The van der Waals surface area contributed by atoms with Crippen LogP contribution in [0.15, 0.2) is 31.2 Å². The fourth-order valence-electron chi connectivity index (χ4n) is 3.51. The van der Waals surface area contributed by atoms with Gasteiger partial charge >= 0.3 is 0 Å². The van der Waals surface area contributed by atoms with E-state index in [1.807, 2.05) is 30.8 Å². The quantitative estimate of drug-likeness (QED) is 0.625. The van der Waals surface area contributed by atoms with Gasteiger partial charge in [-0.15, -0.1) is 0 Å². The first kappa shape index (κ1) is 18.3. The standard InChI is InChI=1S/C21H25N5O2/c1-6-27-15(5)16-10-19-17(9-14(16)4)20-24-18(11-25(20)7-8-28-19)21-22-12-23-26(21)13(2)3/h9-13H,5-8H2,1-4H3. The molecule has 3 heterocycles. The van der Waals surface area contributed by atoms with Crippen LogP contribution in [0.4, 0.5) is 0 Å². The average Bonchev–Trinajstić information content (AvgIpc) is 3.26. The highest BCUT2D eigenvalue weighted by atomic mass is 16.5. The Morgan fingerprint density at radius 3 is 2.89 bits per heavy atom. The van der Waals surface area contributed by atoms with Crippen molar-refractivity contribution in [2.75, 3.05) is 13.2 Å². The Labute approximate surface area is 164 Å². The van der Waals surface area contributed by atoms with E-state index >= 15 is 0 Å². The lowest BCUT2D eigenvalue weighted by molar-refractivity contribution is 0.296. The molecule has 0 aliphatic carbocycles. The van der Waals surface area contributed by atoms with E-state index in [1.165, 1.54) is 0 Å². The molecule has 7 heteroatoms. The molecule has 0 unspecified atom stereocenters. The summed E-state index contributed by atoms with van der Waals surface area (Å²) in [5, 5.41) is 4.33. The maximum atomic E-state index is 6.02. The van der Waals surface area contributed by atoms with E-state index in [4.69, 9.17) is 14.5 Å². The first-order valence-corrected chi connectivity index (χ1v) is 9.56. The average molecular weight is 379 g/mol. The van der Waals surface area contributed by atoms with Gasteiger partial charge in [-0.25, -0.2) is 14.6 Å². The Morgan fingerprint density at radius 1 is 1.32 bits per heavy atom. The molecule has 4 rings (SSSR count). The summed E-state index contributed by atoms with van der Waals surface area (Å²) in [5.74, 6) is 3.10. The van der Waals surface area contributed by atoms with Gasteiger partial charge in [-0.05, 0) is 45.4 Å². The van der Waals surface area contributed by atoms with Crippen LogP contribution < -0.4 is 4.74 Å². The Balaban J connectivity index is 1.81. The van der Waals surface area contributed by atoms with Crippen molar-refractivity contribution in [3.8, 4) is 28.7 Å². The van der Waals surface area contributed by atoms with Gasteiger partial charge in [0, 0.05) is 17.8 Å². The summed E-state index contributed by atoms with van der Waals surface area (Å²) in [5.41, 5.74) is 3.81. The summed E-state index contributed by atoms with van der Waals surface area (Å²) in [6.45, 7) is 14.1. The van der Waals surface area contributed by atoms with E-state index in [0.29, 0.717) is 25.5 Å². The zero-order valence-electron chi connectivity index (χ0n) is 16.8. The van der Waals surface area contributed by atoms with Gasteiger partial charge in [-0.1, -0.05) is 6.58 Å². The number of nitrogens with zero attached hydrogens (tertiary/aromatic N) is 5. The zero-order valence-corrected chi connectivity index (χ0v) is 16.8. The van der Waals surface area contributed by atoms with Gasteiger partial charge in [0.2, 0.25) is 0 Å². The predicted octanol–water partition coefficient (Wildman–Crippen LogP) is 4.10. The number of rotatable bonds is 5. The Morgan fingerprint density at radius 2 is 2.14 bits per heavy atom. The van der Waals surface area contributed by atoms with Crippen LogP contribution in [0.2, 0.25) is 0 Å². The first-order valence-electron chi connectivity index (χ1n) is 9.56. The first-order chi connectivity index (χ1) is 13.5. The third kappa shape index (κ3) is 3.06. The van der Waals surface area contributed by atoms with Gasteiger partial charge < -0.3 is 14.0 Å². The minimum Gasteiger partial charge on any atom is -0.494 e. The summed E-state index contributed by atoms with van der Waals surface area (Å²) >= 11 is 0. The van der Waals surface area contributed by atoms with Gasteiger partial charge in [-0.3, -0.25) is 0 Å². The SMILES string of the molecule is C=C(OCC)c1cc2c(cc1C)-c1nc(-c3ncnn3C(C)C)cn1CCO2. The number of benzene rings is 1. The monoisotopic (exact) mass is 379 g/mol. The molecule has 0 spiro atoms. The van der Waals surface area contributed by atoms with Gasteiger partial charge in [-0.2, -0.15) is 5.10 Å². The van der Waals surface area contributed by atoms with Gasteiger partial charge in [0.1, 0.15) is 36.0 Å². The van der Waals surface area contributed by atoms with E-state index in [-0.39, 0.29) is 6.04 Å². The molecule has 1 aliphatic heterocycles. The van der Waals surface area contributed by atoms with Crippen LogP contribution in [0.3, 0.4) is 0 Å². The molecule has 0 atom stereocenters. The smallest absolute Gasteiger partial charge is 0.178 e. The van der Waals surface area contributed by atoms with Gasteiger partial charge in [0.05, 0.1) is 18.7 Å². The molecular weight excluding hydrogens is 354 g/mol. The lowest BCUT2D eigenvalue weighted by Gasteiger charge is -2.14. The van der Waals surface area contributed by atoms with Crippen molar-refractivity contribution in [2.24, 2.45) is 0 Å². The molecule has 1 aromatic carbocycles. The summed E-state index contributed by atoms with van der Waals surface area (Å²) in [6, 6.07) is 4.31. The highest BCUT2D eigenvalue weighted by Crippen LogP contribution is 2.37. The normalized spacial score (nSPS) is 12.9. The molecule has 0 N–H and O–H groups in total. The van der Waals surface area contributed by atoms with Crippen LogP contribution in [0, 0.1) is 6.92 Å². The molecule has 1 aliphatic rings.